The summed E-state index contributed by atoms with van der Waals surface area (Å²) in [5.74, 6) is -0.218. The molecule has 1 rings (SSSR count). The molecule has 0 aliphatic rings. The Morgan fingerprint density at radius 3 is 2.47 bits per heavy atom. The van der Waals surface area contributed by atoms with Crippen molar-refractivity contribution in [3.05, 3.63) is 32.8 Å². The van der Waals surface area contributed by atoms with Gasteiger partial charge in [0, 0.05) is 18.1 Å². The first kappa shape index (κ1) is 15.4. The number of nitro benzene ring substituents is 1. The Kier molecular flexibility index (Phi) is 5.29. The number of ether oxygens (including phenoxy) is 2. The van der Waals surface area contributed by atoms with Crippen molar-refractivity contribution in [1.29, 1.82) is 0 Å². The second-order valence-electron chi connectivity index (χ2n) is 4.18. The maximum atomic E-state index is 11.6. The van der Waals surface area contributed by atoms with Gasteiger partial charge in [-0.05, 0) is 22.0 Å². The van der Waals surface area contributed by atoms with Crippen LogP contribution >= 0.6 is 15.9 Å². The van der Waals surface area contributed by atoms with Crippen LogP contribution in [0.2, 0.25) is 0 Å². The van der Waals surface area contributed by atoms with Crippen molar-refractivity contribution in [2.75, 3.05) is 7.11 Å². The van der Waals surface area contributed by atoms with E-state index in [-0.39, 0.29) is 11.6 Å². The summed E-state index contributed by atoms with van der Waals surface area (Å²) in [6.45, 7) is 3.64. The molecule has 0 spiro atoms. The molecule has 19 heavy (non-hydrogen) atoms. The van der Waals surface area contributed by atoms with Crippen LogP contribution in [0.1, 0.15) is 13.8 Å². The summed E-state index contributed by atoms with van der Waals surface area (Å²) in [5.41, 5.74) is -0.0570. The Balaban J connectivity index is 2.97. The molecular weight excluding hydrogens is 318 g/mol. The van der Waals surface area contributed by atoms with Gasteiger partial charge in [-0.2, -0.15) is 0 Å². The van der Waals surface area contributed by atoms with Crippen LogP contribution in [-0.2, 0) is 9.53 Å². The molecule has 0 saturated heterocycles. The fourth-order valence-electron chi connectivity index (χ4n) is 1.41. The number of carbonyl (C=O) groups is 1. The van der Waals surface area contributed by atoms with Gasteiger partial charge in [0.15, 0.2) is 6.10 Å². The van der Waals surface area contributed by atoms with Crippen LogP contribution in [-0.4, -0.2) is 24.1 Å². The fraction of sp³-hybridized carbons (Fsp3) is 0.417. The monoisotopic (exact) mass is 331 g/mol. The second-order valence-corrected chi connectivity index (χ2v) is 5.03. The van der Waals surface area contributed by atoms with Crippen LogP contribution in [0.5, 0.6) is 5.75 Å². The maximum absolute atomic E-state index is 11.6. The molecule has 7 heteroatoms. The van der Waals surface area contributed by atoms with Crippen molar-refractivity contribution in [2.45, 2.75) is 20.0 Å². The number of methoxy groups -OCH3 is 1. The molecule has 0 heterocycles. The number of hydrogen-bond donors (Lipinski definition) is 0. The zero-order chi connectivity index (χ0) is 14.6. The van der Waals surface area contributed by atoms with Crippen molar-refractivity contribution in [3.63, 3.8) is 0 Å². The number of carbonyl (C=O) groups excluding carboxylic acids is 1. The van der Waals surface area contributed by atoms with Crippen molar-refractivity contribution in [3.8, 4) is 5.75 Å². The van der Waals surface area contributed by atoms with E-state index in [4.69, 9.17) is 4.74 Å². The van der Waals surface area contributed by atoms with Crippen LogP contribution in [0.4, 0.5) is 5.69 Å². The largest absolute Gasteiger partial charge is 0.477 e. The quantitative estimate of drug-likeness (QED) is 0.471. The smallest absolute Gasteiger partial charge is 0.347 e. The van der Waals surface area contributed by atoms with E-state index in [1.165, 1.54) is 25.3 Å². The van der Waals surface area contributed by atoms with Gasteiger partial charge in [-0.1, -0.05) is 13.8 Å². The first-order valence-electron chi connectivity index (χ1n) is 5.55. The summed E-state index contributed by atoms with van der Waals surface area (Å²) in [4.78, 5) is 21.7. The summed E-state index contributed by atoms with van der Waals surface area (Å²) < 4.78 is 10.6. The Morgan fingerprint density at radius 2 is 2.05 bits per heavy atom. The van der Waals surface area contributed by atoms with Gasteiger partial charge in [0.05, 0.1) is 16.5 Å². The van der Waals surface area contributed by atoms with Gasteiger partial charge in [-0.15, -0.1) is 0 Å². The molecule has 1 unspecified atom stereocenters. The van der Waals surface area contributed by atoms with Crippen LogP contribution < -0.4 is 4.74 Å². The van der Waals surface area contributed by atoms with Gasteiger partial charge in [0.1, 0.15) is 5.75 Å². The van der Waals surface area contributed by atoms with E-state index < -0.39 is 17.0 Å². The van der Waals surface area contributed by atoms with Gasteiger partial charge in [-0.25, -0.2) is 4.79 Å². The minimum atomic E-state index is -0.761. The first-order valence-corrected chi connectivity index (χ1v) is 6.34. The van der Waals surface area contributed by atoms with E-state index in [1.54, 1.807) is 0 Å². The molecule has 1 atom stereocenters. The van der Waals surface area contributed by atoms with Gasteiger partial charge in [0.2, 0.25) is 0 Å². The zero-order valence-corrected chi connectivity index (χ0v) is 12.3. The average molecular weight is 332 g/mol. The number of benzene rings is 1. The van der Waals surface area contributed by atoms with Crippen LogP contribution in [0.3, 0.4) is 0 Å². The number of nitrogens with zero attached hydrogens (tertiary/aromatic N) is 1. The molecular formula is C12H14BrNO5. The number of rotatable bonds is 5. The van der Waals surface area contributed by atoms with Gasteiger partial charge in [-0.3, -0.25) is 10.1 Å². The minimum Gasteiger partial charge on any atom is -0.477 e. The number of halogens is 1. The molecule has 0 bridgehead atoms. The third-order valence-electron chi connectivity index (χ3n) is 2.42. The summed E-state index contributed by atoms with van der Waals surface area (Å²) in [7, 11) is 1.28. The van der Waals surface area contributed by atoms with Crippen molar-refractivity contribution >= 4 is 27.6 Å². The molecule has 0 saturated carbocycles. The molecule has 1 aromatic carbocycles. The highest BCUT2D eigenvalue weighted by molar-refractivity contribution is 9.10. The van der Waals surface area contributed by atoms with E-state index in [9.17, 15) is 14.9 Å². The van der Waals surface area contributed by atoms with E-state index >= 15 is 0 Å². The molecule has 0 amide bonds. The lowest BCUT2D eigenvalue weighted by atomic mass is 10.1. The summed E-state index contributed by atoms with van der Waals surface area (Å²) in [6, 6.07) is 4.08. The second kappa shape index (κ2) is 6.51. The lowest BCUT2D eigenvalue weighted by Gasteiger charge is -2.20. The SMILES string of the molecule is COC(=O)C(Oc1ccc([N+](=O)[O-])cc1Br)C(C)C. The molecule has 0 aliphatic carbocycles. The molecule has 0 aliphatic heterocycles. The van der Waals surface area contributed by atoms with Crippen molar-refractivity contribution in [2.24, 2.45) is 5.92 Å². The number of hydrogen-bond acceptors (Lipinski definition) is 5. The minimum absolute atomic E-state index is 0.0570. The highest BCUT2D eigenvalue weighted by Gasteiger charge is 2.26. The Labute approximate surface area is 119 Å². The van der Waals surface area contributed by atoms with Gasteiger partial charge >= 0.3 is 5.97 Å². The van der Waals surface area contributed by atoms with E-state index in [0.29, 0.717) is 10.2 Å². The molecule has 104 valence electrons. The Hall–Kier alpha value is -1.63. The normalized spacial score (nSPS) is 12.1. The lowest BCUT2D eigenvalue weighted by molar-refractivity contribution is -0.385. The predicted molar refractivity (Wildman–Crippen MR) is 72.1 cm³/mol. The number of nitro groups is 1. The van der Waals surface area contributed by atoms with Gasteiger partial charge in [0.25, 0.3) is 5.69 Å². The topological polar surface area (TPSA) is 78.7 Å². The maximum Gasteiger partial charge on any atom is 0.347 e. The summed E-state index contributed by atoms with van der Waals surface area (Å²) >= 11 is 3.18. The average Bonchev–Trinajstić information content (AvgIpc) is 2.35. The van der Waals surface area contributed by atoms with E-state index in [2.05, 4.69) is 20.7 Å². The third-order valence-corrected chi connectivity index (χ3v) is 3.04. The molecule has 0 aromatic heterocycles. The molecule has 0 radical (unpaired) electrons. The number of non-ortho nitro benzene ring substituents is 1. The van der Waals surface area contributed by atoms with Crippen LogP contribution in [0.15, 0.2) is 22.7 Å². The third kappa shape index (κ3) is 3.92. The molecule has 0 fully saturated rings. The molecule has 6 nitrogen and oxygen atoms in total. The Bertz CT molecular complexity index is 489. The molecule has 1 aromatic rings. The number of esters is 1. The first-order chi connectivity index (χ1) is 8.86. The predicted octanol–water partition coefficient (Wildman–Crippen LogP) is 2.93. The van der Waals surface area contributed by atoms with Crippen molar-refractivity contribution < 1.29 is 19.2 Å². The Morgan fingerprint density at radius 1 is 1.42 bits per heavy atom. The van der Waals surface area contributed by atoms with E-state index in [1.807, 2.05) is 13.8 Å². The summed E-state index contributed by atoms with van der Waals surface area (Å²) in [6.07, 6.45) is -0.761. The molecule has 0 N–H and O–H groups in total. The van der Waals surface area contributed by atoms with Crippen LogP contribution in [0, 0.1) is 16.0 Å². The standard InChI is InChI=1S/C12H14BrNO5/c1-7(2)11(12(15)18-3)19-10-5-4-8(14(16)17)6-9(10)13/h4-7,11H,1-3H3. The zero-order valence-electron chi connectivity index (χ0n) is 10.8. The van der Waals surface area contributed by atoms with Crippen LogP contribution in [0.25, 0.3) is 0 Å². The fourth-order valence-corrected chi connectivity index (χ4v) is 1.87. The van der Waals surface area contributed by atoms with Crippen molar-refractivity contribution in [1.82, 2.24) is 0 Å². The van der Waals surface area contributed by atoms with Gasteiger partial charge < -0.3 is 9.47 Å². The highest BCUT2D eigenvalue weighted by atomic mass is 79.9. The lowest BCUT2D eigenvalue weighted by Crippen LogP contribution is -2.33. The highest BCUT2D eigenvalue weighted by Crippen LogP contribution is 2.30. The summed E-state index contributed by atoms with van der Waals surface area (Å²) in [5, 5.41) is 10.6. The van der Waals surface area contributed by atoms with E-state index in [0.717, 1.165) is 0 Å².